The van der Waals surface area contributed by atoms with Crippen molar-refractivity contribution < 1.29 is 19.8 Å². The number of hydrogen-bond acceptors (Lipinski definition) is 3. The predicted octanol–water partition coefficient (Wildman–Crippen LogP) is 2.25. The lowest BCUT2D eigenvalue weighted by atomic mass is 9.64. The number of carboxylic acids is 1. The number of carbonyl (C=O) groups is 2. The van der Waals surface area contributed by atoms with E-state index in [9.17, 15) is 14.7 Å². The fraction of sp³-hybridized carbons (Fsp3) is 0.467. The summed E-state index contributed by atoms with van der Waals surface area (Å²) in [5.74, 6) is -1.03. The minimum atomic E-state index is -1.24. The average molecular weight is 266 g/mol. The minimum absolute atomic E-state index is 0.00150. The highest BCUT2D eigenvalue weighted by Crippen LogP contribution is 2.44. The summed E-state index contributed by atoms with van der Waals surface area (Å²) in [7, 11) is 0. The monoisotopic (exact) mass is 266 g/mol. The molecule has 104 valence electrons. The van der Waals surface area contributed by atoms with Crippen LogP contribution in [0.25, 0.3) is 0 Å². The number of rotatable bonds is 3. The predicted molar refractivity (Wildman–Crippen MR) is 72.6 cm³/mol. The Morgan fingerprint density at radius 2 is 2.05 bits per heavy atom. The van der Waals surface area contributed by atoms with Crippen LogP contribution >= 0.6 is 0 Å². The van der Waals surface area contributed by atoms with E-state index < -0.39 is 17.0 Å². The molecule has 0 spiro atoms. The number of carboxylic acid groups (broad SMARTS) is 1. The Bertz CT molecular complexity index is 494. The van der Waals surface area contributed by atoms with Gasteiger partial charge in [-0.15, -0.1) is 0 Å². The van der Waals surface area contributed by atoms with Gasteiger partial charge >= 0.3 is 5.97 Å². The molecule has 1 atom stereocenters. The van der Waals surface area contributed by atoms with Crippen LogP contribution in [0.4, 0.5) is 0 Å². The van der Waals surface area contributed by atoms with Gasteiger partial charge in [-0.2, -0.15) is 0 Å². The van der Waals surface area contributed by atoms with Crippen LogP contribution in [0.15, 0.2) is 35.5 Å². The lowest BCUT2D eigenvalue weighted by molar-refractivity contribution is -0.131. The van der Waals surface area contributed by atoms with Gasteiger partial charge in [0.05, 0.1) is 0 Å². The molecule has 4 nitrogen and oxygen atoms in total. The Morgan fingerprint density at radius 3 is 2.53 bits per heavy atom. The molecule has 4 heteroatoms. The molecule has 2 N–H and O–H groups in total. The van der Waals surface area contributed by atoms with E-state index in [-0.39, 0.29) is 12.2 Å². The van der Waals surface area contributed by atoms with Crippen molar-refractivity contribution in [3.05, 3.63) is 35.5 Å². The van der Waals surface area contributed by atoms with Crippen LogP contribution in [0.2, 0.25) is 0 Å². The van der Waals surface area contributed by atoms with E-state index in [0.29, 0.717) is 11.1 Å². The Kier molecular flexibility index (Phi) is 4.15. The van der Waals surface area contributed by atoms with Crippen molar-refractivity contribution in [2.24, 2.45) is 5.41 Å². The first-order valence-electron chi connectivity index (χ1n) is 6.13. The second-order valence-corrected chi connectivity index (χ2v) is 5.68. The van der Waals surface area contributed by atoms with E-state index in [4.69, 9.17) is 5.11 Å². The van der Waals surface area contributed by atoms with Gasteiger partial charge in [0.25, 0.3) is 0 Å². The van der Waals surface area contributed by atoms with Crippen molar-refractivity contribution in [2.75, 3.05) is 0 Å². The molecule has 0 saturated carbocycles. The lowest BCUT2D eigenvalue weighted by Gasteiger charge is -2.43. The fourth-order valence-corrected chi connectivity index (χ4v) is 2.36. The minimum Gasteiger partial charge on any atom is -0.478 e. The standard InChI is InChI=1S/C15H20O4/c1-10(7-13(17)18)5-6-15(19)11(2)8-12(16)9-14(15,3)4/h5-8,19H,9H2,1-4H3,(H,17,18)/b6-5+,10-7-/t15-/m1/s1/i16+2. The summed E-state index contributed by atoms with van der Waals surface area (Å²) in [6.07, 6.45) is 5.92. The Morgan fingerprint density at radius 1 is 1.47 bits per heavy atom. The van der Waals surface area contributed by atoms with E-state index in [1.54, 1.807) is 26.0 Å². The molecule has 0 bridgehead atoms. The van der Waals surface area contributed by atoms with Crippen LogP contribution in [0, 0.1) is 5.41 Å². The molecule has 1 rings (SSSR count). The van der Waals surface area contributed by atoms with E-state index in [2.05, 4.69) is 0 Å². The molecule has 0 amide bonds. The maximum Gasteiger partial charge on any atom is 0.328 e. The molecule has 0 aromatic rings. The maximum atomic E-state index is 11.6. The zero-order chi connectivity index (χ0) is 14.8. The number of carbonyl (C=O) groups excluding carboxylic acids is 1. The second kappa shape index (κ2) is 5.13. The highest BCUT2D eigenvalue weighted by Gasteiger charge is 2.46. The summed E-state index contributed by atoms with van der Waals surface area (Å²) >= 11 is 0. The van der Waals surface area contributed by atoms with E-state index in [1.807, 2.05) is 13.8 Å². The molecule has 0 heterocycles. The first kappa shape index (κ1) is 15.4. The van der Waals surface area contributed by atoms with Gasteiger partial charge in [-0.05, 0) is 37.1 Å². The quantitative estimate of drug-likeness (QED) is 0.467. The molecule has 0 unspecified atom stereocenters. The first-order chi connectivity index (χ1) is 8.58. The lowest BCUT2D eigenvalue weighted by Crippen LogP contribution is -2.48. The number of allylic oxidation sites excluding steroid dienone is 3. The van der Waals surface area contributed by atoms with Gasteiger partial charge in [0.15, 0.2) is 5.78 Å². The molecule has 1 aliphatic rings. The zero-order valence-corrected chi connectivity index (χ0v) is 11.7. The molecule has 0 aliphatic heterocycles. The second-order valence-electron chi connectivity index (χ2n) is 5.68. The third kappa shape index (κ3) is 3.20. The topological polar surface area (TPSA) is 74.6 Å². The molecule has 19 heavy (non-hydrogen) atoms. The maximum absolute atomic E-state index is 11.6. The van der Waals surface area contributed by atoms with Gasteiger partial charge in [-0.3, -0.25) is 4.79 Å². The molecular formula is C15H20O4. The summed E-state index contributed by atoms with van der Waals surface area (Å²) in [4.78, 5) is 22.1. The largest absolute Gasteiger partial charge is 0.478 e. The SMILES string of the molecule is CC1=CC(=[18O])CC(C)(C)[C@@]1(O)/C=C/C(C)=C\C(=O)O. The summed E-state index contributed by atoms with van der Waals surface area (Å²) in [5, 5.41) is 19.4. The molecule has 0 aromatic carbocycles. The highest BCUT2D eigenvalue weighted by atomic mass is 18.1. The van der Waals surface area contributed by atoms with Crippen LogP contribution in [-0.4, -0.2) is 27.6 Å². The van der Waals surface area contributed by atoms with Crippen LogP contribution < -0.4 is 0 Å². The van der Waals surface area contributed by atoms with Crippen molar-refractivity contribution in [3.8, 4) is 0 Å². The Labute approximate surface area is 113 Å². The molecule has 0 fully saturated rings. The third-order valence-corrected chi connectivity index (χ3v) is 3.57. The molecule has 0 radical (unpaired) electrons. The van der Waals surface area contributed by atoms with Crippen molar-refractivity contribution >= 4 is 11.8 Å². The normalized spacial score (nSPS) is 27.5. The van der Waals surface area contributed by atoms with Gasteiger partial charge in [0.2, 0.25) is 0 Å². The summed E-state index contributed by atoms with van der Waals surface area (Å²) in [5.41, 5.74) is -0.758. The van der Waals surface area contributed by atoms with Crippen LogP contribution in [0.5, 0.6) is 0 Å². The fourth-order valence-electron chi connectivity index (χ4n) is 2.36. The number of hydrogen-bond donors (Lipinski definition) is 2. The van der Waals surface area contributed by atoms with Gasteiger partial charge < -0.3 is 10.2 Å². The van der Waals surface area contributed by atoms with E-state index >= 15 is 0 Å². The molecular weight excluding hydrogens is 246 g/mol. The van der Waals surface area contributed by atoms with Gasteiger partial charge in [0, 0.05) is 17.9 Å². The number of aliphatic hydroxyl groups is 1. The van der Waals surface area contributed by atoms with Crippen molar-refractivity contribution in [3.63, 3.8) is 0 Å². The molecule has 1 aliphatic carbocycles. The van der Waals surface area contributed by atoms with Crippen molar-refractivity contribution in [1.29, 1.82) is 0 Å². The van der Waals surface area contributed by atoms with Crippen LogP contribution in [-0.2, 0) is 9.59 Å². The van der Waals surface area contributed by atoms with E-state index in [1.165, 1.54) is 6.08 Å². The van der Waals surface area contributed by atoms with E-state index in [0.717, 1.165) is 6.08 Å². The van der Waals surface area contributed by atoms with Gasteiger partial charge in [-0.1, -0.05) is 19.9 Å². The molecule has 0 saturated heterocycles. The van der Waals surface area contributed by atoms with Crippen LogP contribution in [0.1, 0.15) is 34.1 Å². The average Bonchev–Trinajstić information content (AvgIpc) is 2.21. The zero-order valence-electron chi connectivity index (χ0n) is 11.7. The third-order valence-electron chi connectivity index (χ3n) is 3.57. The smallest absolute Gasteiger partial charge is 0.328 e. The highest BCUT2D eigenvalue weighted by molar-refractivity contribution is 5.92. The number of ketones is 1. The van der Waals surface area contributed by atoms with Crippen molar-refractivity contribution in [2.45, 2.75) is 39.7 Å². The van der Waals surface area contributed by atoms with Crippen LogP contribution in [0.3, 0.4) is 0 Å². The van der Waals surface area contributed by atoms with Gasteiger partial charge in [-0.25, -0.2) is 4.79 Å². The summed E-state index contributed by atoms with van der Waals surface area (Å²) in [6, 6.07) is 0. The Balaban J connectivity index is 3.15. The Hall–Kier alpha value is -1.68. The first-order valence-corrected chi connectivity index (χ1v) is 6.13. The van der Waals surface area contributed by atoms with Crippen molar-refractivity contribution in [1.82, 2.24) is 0 Å². The van der Waals surface area contributed by atoms with Gasteiger partial charge in [0.1, 0.15) is 5.60 Å². The summed E-state index contributed by atoms with van der Waals surface area (Å²) in [6.45, 7) is 7.00. The number of aliphatic carboxylic acids is 1. The molecule has 0 aromatic heterocycles. The summed E-state index contributed by atoms with van der Waals surface area (Å²) < 4.78 is 0.